The summed E-state index contributed by atoms with van der Waals surface area (Å²) in [5, 5.41) is 7.49. The van der Waals surface area contributed by atoms with Gasteiger partial charge in [-0.15, -0.1) is 5.10 Å². The van der Waals surface area contributed by atoms with Gasteiger partial charge in [-0.25, -0.2) is 4.68 Å². The zero-order chi connectivity index (χ0) is 6.69. The maximum absolute atomic E-state index is 5.37. The molecule has 1 heterocycles. The van der Waals surface area contributed by atoms with Crippen LogP contribution in [0.3, 0.4) is 0 Å². The van der Waals surface area contributed by atoms with E-state index < -0.39 is 0 Å². The van der Waals surface area contributed by atoms with Crippen LogP contribution in [0.4, 0.5) is 0 Å². The lowest BCUT2D eigenvalue weighted by atomic mass is 10.5. The Kier molecular flexibility index (Phi) is 1.79. The molecule has 0 spiro atoms. The number of hydrogen-bond donors (Lipinski definition) is 1. The van der Waals surface area contributed by atoms with Gasteiger partial charge < -0.3 is 5.73 Å². The molecular weight excluding hydrogens is 116 g/mol. The molecule has 0 saturated heterocycles. The van der Waals surface area contributed by atoms with Gasteiger partial charge in [0.15, 0.2) is 0 Å². The molecule has 4 nitrogen and oxygen atoms in total. The summed E-state index contributed by atoms with van der Waals surface area (Å²) >= 11 is 0. The summed E-state index contributed by atoms with van der Waals surface area (Å²) < 4.78 is 1.78. The quantitative estimate of drug-likeness (QED) is 0.594. The van der Waals surface area contributed by atoms with E-state index in [1.807, 2.05) is 6.92 Å². The first-order valence-electron chi connectivity index (χ1n) is 2.96. The van der Waals surface area contributed by atoms with Gasteiger partial charge in [0, 0.05) is 13.1 Å². The Hall–Kier alpha value is -0.900. The van der Waals surface area contributed by atoms with E-state index in [4.69, 9.17) is 5.73 Å². The number of nitrogens with two attached hydrogens (primary N) is 1. The SMILES string of the molecule is CCn1nncc1CN. The summed E-state index contributed by atoms with van der Waals surface area (Å²) in [6.07, 6.45) is 1.68. The van der Waals surface area contributed by atoms with E-state index in [1.54, 1.807) is 10.9 Å². The third-order valence-electron chi connectivity index (χ3n) is 1.21. The molecule has 2 N–H and O–H groups in total. The van der Waals surface area contributed by atoms with Crippen molar-refractivity contribution in [1.29, 1.82) is 0 Å². The van der Waals surface area contributed by atoms with E-state index in [0.717, 1.165) is 12.2 Å². The Balaban J connectivity index is 2.85. The third-order valence-corrected chi connectivity index (χ3v) is 1.21. The van der Waals surface area contributed by atoms with E-state index in [9.17, 15) is 0 Å². The first-order valence-corrected chi connectivity index (χ1v) is 2.96. The van der Waals surface area contributed by atoms with Gasteiger partial charge in [0.2, 0.25) is 0 Å². The Bertz CT molecular complexity index is 162. The molecule has 4 heteroatoms. The van der Waals surface area contributed by atoms with Gasteiger partial charge in [-0.05, 0) is 6.92 Å². The standard InChI is InChI=1S/C5H10N4/c1-2-9-5(3-6)4-7-8-9/h4H,2-3,6H2,1H3. The topological polar surface area (TPSA) is 56.7 Å². The largest absolute Gasteiger partial charge is 0.325 e. The van der Waals surface area contributed by atoms with Crippen LogP contribution in [0.15, 0.2) is 6.20 Å². The second-order valence-corrected chi connectivity index (χ2v) is 1.75. The van der Waals surface area contributed by atoms with Crippen molar-refractivity contribution < 1.29 is 0 Å². The van der Waals surface area contributed by atoms with Gasteiger partial charge in [-0.2, -0.15) is 0 Å². The number of rotatable bonds is 2. The predicted octanol–water partition coefficient (Wildman–Crippen LogP) is -0.243. The van der Waals surface area contributed by atoms with Crippen molar-refractivity contribution in [3.05, 3.63) is 11.9 Å². The van der Waals surface area contributed by atoms with E-state index in [1.165, 1.54) is 0 Å². The normalized spacial score (nSPS) is 10.0. The first-order chi connectivity index (χ1) is 4.38. The molecule has 0 aliphatic rings. The van der Waals surface area contributed by atoms with Crippen LogP contribution in [0, 0.1) is 0 Å². The number of hydrogen-bond acceptors (Lipinski definition) is 3. The highest BCUT2D eigenvalue weighted by Gasteiger charge is 1.95. The molecule has 1 aromatic heterocycles. The Labute approximate surface area is 53.7 Å². The van der Waals surface area contributed by atoms with Crippen molar-refractivity contribution in [1.82, 2.24) is 15.0 Å². The number of aromatic nitrogens is 3. The van der Waals surface area contributed by atoms with Crippen molar-refractivity contribution >= 4 is 0 Å². The molecule has 0 aliphatic carbocycles. The maximum Gasteiger partial charge on any atom is 0.0738 e. The summed E-state index contributed by atoms with van der Waals surface area (Å²) in [6, 6.07) is 0. The highest BCUT2D eigenvalue weighted by molar-refractivity contribution is 4.91. The monoisotopic (exact) mass is 126 g/mol. The predicted molar refractivity (Wildman–Crippen MR) is 33.6 cm³/mol. The molecule has 0 fully saturated rings. The van der Waals surface area contributed by atoms with E-state index in [2.05, 4.69) is 10.3 Å². The molecule has 0 bridgehead atoms. The third kappa shape index (κ3) is 1.08. The van der Waals surface area contributed by atoms with Crippen LogP contribution in [0.1, 0.15) is 12.6 Å². The highest BCUT2D eigenvalue weighted by atomic mass is 15.4. The molecule has 0 aromatic carbocycles. The van der Waals surface area contributed by atoms with E-state index >= 15 is 0 Å². The minimum absolute atomic E-state index is 0.515. The van der Waals surface area contributed by atoms with Crippen LogP contribution in [0.25, 0.3) is 0 Å². The van der Waals surface area contributed by atoms with Crippen molar-refractivity contribution in [2.75, 3.05) is 0 Å². The van der Waals surface area contributed by atoms with Crippen molar-refractivity contribution in [3.63, 3.8) is 0 Å². The average Bonchev–Trinajstić information content (AvgIpc) is 2.33. The fraction of sp³-hybridized carbons (Fsp3) is 0.600. The molecule has 9 heavy (non-hydrogen) atoms. The second-order valence-electron chi connectivity index (χ2n) is 1.75. The Morgan fingerprint density at radius 3 is 3.00 bits per heavy atom. The molecule has 1 rings (SSSR count). The van der Waals surface area contributed by atoms with Gasteiger partial charge in [0.1, 0.15) is 0 Å². The van der Waals surface area contributed by atoms with Crippen LogP contribution in [-0.2, 0) is 13.1 Å². The lowest BCUT2D eigenvalue weighted by molar-refractivity contribution is 0.598. The average molecular weight is 126 g/mol. The molecule has 0 unspecified atom stereocenters. The van der Waals surface area contributed by atoms with E-state index in [0.29, 0.717) is 6.54 Å². The highest BCUT2D eigenvalue weighted by Crippen LogP contribution is 1.91. The first kappa shape index (κ1) is 6.22. The molecule has 0 atom stereocenters. The van der Waals surface area contributed by atoms with Crippen LogP contribution < -0.4 is 5.73 Å². The minimum atomic E-state index is 0.515. The van der Waals surface area contributed by atoms with Crippen LogP contribution >= 0.6 is 0 Å². The molecule has 0 aliphatic heterocycles. The molecule has 50 valence electrons. The lowest BCUT2D eigenvalue weighted by Gasteiger charge is -1.96. The number of aryl methyl sites for hydroxylation is 1. The van der Waals surface area contributed by atoms with Gasteiger partial charge in [-0.3, -0.25) is 0 Å². The molecule has 0 saturated carbocycles. The molecule has 1 aromatic rings. The maximum atomic E-state index is 5.37. The molecule has 0 amide bonds. The van der Waals surface area contributed by atoms with Crippen LogP contribution in [0.2, 0.25) is 0 Å². The van der Waals surface area contributed by atoms with Gasteiger partial charge in [0.05, 0.1) is 11.9 Å². The molecular formula is C5H10N4. The smallest absolute Gasteiger partial charge is 0.0738 e. The van der Waals surface area contributed by atoms with Gasteiger partial charge in [0.25, 0.3) is 0 Å². The van der Waals surface area contributed by atoms with Crippen LogP contribution in [0.5, 0.6) is 0 Å². The fourth-order valence-electron chi connectivity index (χ4n) is 0.703. The van der Waals surface area contributed by atoms with Crippen molar-refractivity contribution in [2.24, 2.45) is 5.73 Å². The summed E-state index contributed by atoms with van der Waals surface area (Å²) in [4.78, 5) is 0. The van der Waals surface area contributed by atoms with Gasteiger partial charge in [-0.1, -0.05) is 5.21 Å². The van der Waals surface area contributed by atoms with Crippen LogP contribution in [-0.4, -0.2) is 15.0 Å². The lowest BCUT2D eigenvalue weighted by Crippen LogP contribution is -2.06. The fourth-order valence-corrected chi connectivity index (χ4v) is 0.703. The minimum Gasteiger partial charge on any atom is -0.325 e. The second kappa shape index (κ2) is 2.59. The summed E-state index contributed by atoms with van der Waals surface area (Å²) in [5.41, 5.74) is 6.35. The van der Waals surface area contributed by atoms with E-state index in [-0.39, 0.29) is 0 Å². The van der Waals surface area contributed by atoms with Crippen molar-refractivity contribution in [2.45, 2.75) is 20.0 Å². The number of nitrogens with zero attached hydrogens (tertiary/aromatic N) is 3. The summed E-state index contributed by atoms with van der Waals surface area (Å²) in [7, 11) is 0. The van der Waals surface area contributed by atoms with Crippen molar-refractivity contribution in [3.8, 4) is 0 Å². The zero-order valence-electron chi connectivity index (χ0n) is 5.41. The summed E-state index contributed by atoms with van der Waals surface area (Å²) in [5.74, 6) is 0. The molecule has 0 radical (unpaired) electrons. The Morgan fingerprint density at radius 2 is 2.56 bits per heavy atom. The van der Waals surface area contributed by atoms with Gasteiger partial charge >= 0.3 is 0 Å². The Morgan fingerprint density at radius 1 is 1.78 bits per heavy atom. The zero-order valence-corrected chi connectivity index (χ0v) is 5.41. The summed E-state index contributed by atoms with van der Waals surface area (Å²) in [6.45, 7) is 3.36.